The van der Waals surface area contributed by atoms with Crippen molar-refractivity contribution in [1.82, 2.24) is 35.1 Å². The molecule has 7 N–H and O–H groups in total. The van der Waals surface area contributed by atoms with Gasteiger partial charge in [-0.3, -0.25) is 9.80 Å². The highest BCUT2D eigenvalue weighted by Crippen LogP contribution is 2.37. The lowest BCUT2D eigenvalue weighted by atomic mass is 9.75. The lowest BCUT2D eigenvalue weighted by Crippen LogP contribution is -2.58. The Morgan fingerprint density at radius 3 is 1.16 bits per heavy atom. The molecule has 0 unspecified atom stereocenters. The van der Waals surface area contributed by atoms with E-state index in [0.29, 0.717) is 71.2 Å². The Labute approximate surface area is 667 Å². The third-order valence-corrected chi connectivity index (χ3v) is 23.4. The number of methoxy groups -OCH3 is 4. The minimum atomic E-state index is -0.941. The number of aliphatic hydroxyl groups excluding tert-OH is 4. The van der Waals surface area contributed by atoms with Crippen molar-refractivity contribution in [2.75, 3.05) is 135 Å². The molecule has 10 saturated heterocycles. The van der Waals surface area contributed by atoms with Crippen molar-refractivity contribution in [3.8, 4) is 24.2 Å². The minimum absolute atomic E-state index is 0.00926. The molecule has 0 saturated carbocycles. The second kappa shape index (κ2) is 40.4. The molecule has 10 aliphatic heterocycles. The van der Waals surface area contributed by atoms with Gasteiger partial charge in [-0.05, 0) is 170 Å². The normalized spacial score (nSPS) is 26.8. The second-order valence-corrected chi connectivity index (χ2v) is 31.6. The molecule has 0 amide bonds. The average Bonchev–Trinajstić information content (AvgIpc) is 1.76. The molecule has 4 aromatic heterocycles. The zero-order chi connectivity index (χ0) is 76.9. The first kappa shape index (κ1) is 82.9. The summed E-state index contributed by atoms with van der Waals surface area (Å²) in [7, 11) is 6.50. The van der Waals surface area contributed by atoms with Crippen molar-refractivity contribution in [3.05, 3.63) is 240 Å². The van der Waals surface area contributed by atoms with Gasteiger partial charge in [-0.15, -0.1) is 6.42 Å². The number of terminal acetylenes is 1. The Kier molecular flexibility index (Phi) is 30.7. The predicted octanol–water partition coefficient (Wildman–Crippen LogP) is 9.41. The fourth-order valence-corrected chi connectivity index (χ4v) is 16.2. The summed E-state index contributed by atoms with van der Waals surface area (Å²) in [5, 5.41) is 63.3. The van der Waals surface area contributed by atoms with E-state index in [0.717, 1.165) is 143 Å². The van der Waals surface area contributed by atoms with Gasteiger partial charge in [-0.25, -0.2) is 19.9 Å². The molecule has 10 fully saturated rings. The van der Waals surface area contributed by atoms with Crippen LogP contribution in [0.15, 0.2) is 189 Å². The number of fused-ring (bicyclic) bond motifs is 6. The Bertz CT molecular complexity index is 4140. The van der Waals surface area contributed by atoms with Crippen LogP contribution in [0.1, 0.15) is 76.3 Å². The van der Waals surface area contributed by atoms with Gasteiger partial charge in [0.2, 0.25) is 0 Å². The van der Waals surface area contributed by atoms with Gasteiger partial charge in [0.1, 0.15) is 51.6 Å². The SMILES string of the molecule is Brc1cccc(Cc2ccccc2)n1.C#C[C@@]1(O)CN2CCC1CC2.CO[C@@H]1CN(c2ccc(Br)c(Cc3ccccc3)n2)C[C@H]1O.CO[C@@H]1CN(c2ccc(Br)c(Cc3ccccc3)n2)C[C@H]1O.CO[C@@H]1CN(c2ccc(C#C[C@@]3(O)CN4CCC3CC4)c(Cc3ccccc3)n2)C[C@H]1O.CO[C@@H]1CNC[C@H]1O. The number of hydrogen-bond donors (Lipinski definition) is 7. The van der Waals surface area contributed by atoms with E-state index in [1.165, 1.54) is 16.7 Å². The third kappa shape index (κ3) is 23.1. The van der Waals surface area contributed by atoms with E-state index in [4.69, 9.17) is 45.4 Å². The van der Waals surface area contributed by atoms with Crippen LogP contribution in [-0.2, 0) is 44.6 Å². The van der Waals surface area contributed by atoms with Crippen LogP contribution in [0.4, 0.5) is 17.5 Å². The summed E-state index contributed by atoms with van der Waals surface area (Å²) in [5.41, 5.74) is 7.99. The maximum absolute atomic E-state index is 11.2. The van der Waals surface area contributed by atoms with E-state index in [1.54, 1.807) is 28.4 Å². The Morgan fingerprint density at radius 2 is 0.817 bits per heavy atom. The van der Waals surface area contributed by atoms with Crippen LogP contribution in [0.5, 0.6) is 0 Å². The van der Waals surface area contributed by atoms with E-state index in [-0.39, 0.29) is 36.4 Å². The summed E-state index contributed by atoms with van der Waals surface area (Å²) in [5.74, 6) is 12.2. The van der Waals surface area contributed by atoms with Gasteiger partial charge in [0.05, 0.1) is 47.6 Å². The number of β-amino-alcohol motifs (C(OH)–C–C–N with tert-alkyl or cyclic N) is 4. The Morgan fingerprint density at radius 1 is 0.431 bits per heavy atom. The fraction of sp³-hybridized carbons (Fsp3) is 0.442. The summed E-state index contributed by atoms with van der Waals surface area (Å²) in [6.45, 7) is 10.7. The number of pyridine rings is 4. The van der Waals surface area contributed by atoms with Crippen LogP contribution in [0.25, 0.3) is 0 Å². The monoisotopic (exact) mass is 1670 g/mol. The number of piperidine rings is 6. The van der Waals surface area contributed by atoms with Crippen molar-refractivity contribution in [1.29, 1.82) is 0 Å². The highest BCUT2D eigenvalue weighted by atomic mass is 79.9. The molecule has 0 radical (unpaired) electrons. The lowest BCUT2D eigenvalue weighted by Gasteiger charge is -2.47. The van der Waals surface area contributed by atoms with Crippen LogP contribution < -0.4 is 20.0 Å². The molecule has 109 heavy (non-hydrogen) atoms. The summed E-state index contributed by atoms with van der Waals surface area (Å²) in [6.07, 6.45) is 10.3. The van der Waals surface area contributed by atoms with Gasteiger partial charge in [0, 0.05) is 152 Å². The van der Waals surface area contributed by atoms with Crippen LogP contribution in [0, 0.1) is 36.0 Å². The van der Waals surface area contributed by atoms with Gasteiger partial charge < -0.3 is 69.6 Å². The number of nitrogens with one attached hydrogen (secondary N) is 1. The quantitative estimate of drug-likeness (QED) is 0.0374. The molecule has 578 valence electrons. The van der Waals surface area contributed by atoms with Gasteiger partial charge in [-0.2, -0.15) is 0 Å². The van der Waals surface area contributed by atoms with E-state index in [1.807, 2.05) is 127 Å². The number of rotatable bonds is 15. The first-order valence-corrected chi connectivity index (χ1v) is 40.0. The van der Waals surface area contributed by atoms with Crippen molar-refractivity contribution < 1.29 is 49.6 Å². The molecule has 4 aromatic carbocycles. The van der Waals surface area contributed by atoms with Gasteiger partial charge >= 0.3 is 0 Å². The highest BCUT2D eigenvalue weighted by molar-refractivity contribution is 9.11. The Balaban J connectivity index is 0.000000137. The smallest absolute Gasteiger partial charge is 0.141 e. The van der Waals surface area contributed by atoms with Crippen LogP contribution in [-0.4, -0.2) is 240 Å². The van der Waals surface area contributed by atoms with Gasteiger partial charge in [0.15, 0.2) is 0 Å². The topological polar surface area (TPSA) is 238 Å². The number of hydrogen-bond acceptors (Lipinski definition) is 20. The van der Waals surface area contributed by atoms with E-state index in [9.17, 15) is 25.5 Å². The standard InChI is InChI=1S/C26H31N3O3.2C17H19BrN2O2.C12H10BrN.C9H13NO.C5H11NO2/c1-32-24-17-29(16-23(24)30)25-8-7-20(22(27-25)15-19-5-3-2-4-6-19)9-12-26(31)18-28-13-10-21(26)11-14-28;2*1-22-16-11-20(10-15(16)21)17-8-7-13(18)14(19-17)9-12-5-3-2-4-6-12;13-12-8-4-7-11(14-12)9-10-5-2-1-3-6-10;1-2-9(11)7-10-5-3-8(9)4-6-10;1-8-5-3-6-2-4(5)7/h2-8,21,23-24,30-31H,10-11,13-18H2,1H3;2*2-8,15-16,21H,9-11H2,1H3;1-8H,9H2;1,8,11H,3-7H2;4-7H,2-3H2,1H3/t23-,24-,26-;2*15-,16-;;9-;4-,5-/m111.11/s1. The van der Waals surface area contributed by atoms with Crippen molar-refractivity contribution in [2.45, 2.75) is 111 Å². The van der Waals surface area contributed by atoms with Crippen molar-refractivity contribution in [3.63, 3.8) is 0 Å². The number of aliphatic hydroxyl groups is 6. The number of ether oxygens (including phenoxy) is 4. The predicted molar refractivity (Wildman–Crippen MR) is 438 cm³/mol. The van der Waals surface area contributed by atoms with Gasteiger partial charge in [0.25, 0.3) is 0 Å². The van der Waals surface area contributed by atoms with E-state index in [2.05, 4.69) is 149 Å². The molecule has 10 atom stereocenters. The molecule has 4 bridgehead atoms. The number of aromatic nitrogens is 4. The lowest BCUT2D eigenvalue weighted by molar-refractivity contribution is -0.0714. The molecule has 18 rings (SSSR count). The number of benzene rings is 4. The molecular formula is C86H103Br3N10O10. The molecule has 14 heterocycles. The number of anilines is 3. The second-order valence-electron chi connectivity index (χ2n) is 29.0. The third-order valence-electron chi connectivity index (χ3n) is 21.6. The zero-order valence-corrected chi connectivity index (χ0v) is 67.4. The van der Waals surface area contributed by atoms with Crippen molar-refractivity contribution >= 4 is 65.2 Å². The minimum Gasteiger partial charge on any atom is -0.389 e. The maximum atomic E-state index is 11.2. The van der Waals surface area contributed by atoms with Crippen LogP contribution >= 0.6 is 47.8 Å². The molecule has 0 aliphatic carbocycles. The highest BCUT2D eigenvalue weighted by Gasteiger charge is 2.46. The molecule has 0 spiro atoms. The molecule has 10 aliphatic rings. The Hall–Kier alpha value is -7.08. The van der Waals surface area contributed by atoms with Crippen molar-refractivity contribution in [2.24, 2.45) is 11.8 Å². The molecular weight excluding hydrogens is 1570 g/mol. The molecule has 20 nitrogen and oxygen atoms in total. The number of nitrogens with zero attached hydrogens (tertiary/aromatic N) is 9. The molecule has 23 heteroatoms. The summed E-state index contributed by atoms with van der Waals surface area (Å²) < 4.78 is 23.8. The molecule has 8 aromatic rings. The fourth-order valence-electron chi connectivity index (χ4n) is 15.1. The summed E-state index contributed by atoms with van der Waals surface area (Å²) in [4.78, 5) is 29.6. The van der Waals surface area contributed by atoms with E-state index >= 15 is 0 Å². The van der Waals surface area contributed by atoms with Crippen LogP contribution in [0.2, 0.25) is 0 Å². The first-order chi connectivity index (χ1) is 52.8. The summed E-state index contributed by atoms with van der Waals surface area (Å²) in [6, 6.07) is 59.1. The summed E-state index contributed by atoms with van der Waals surface area (Å²) >= 11 is 10.5. The maximum Gasteiger partial charge on any atom is 0.141 e. The first-order valence-electron chi connectivity index (χ1n) is 37.6. The average molecular weight is 1680 g/mol. The zero-order valence-electron chi connectivity index (χ0n) is 62.6. The van der Waals surface area contributed by atoms with Crippen LogP contribution in [0.3, 0.4) is 0 Å². The largest absolute Gasteiger partial charge is 0.389 e. The number of halogens is 3. The van der Waals surface area contributed by atoms with E-state index < -0.39 is 29.5 Å². The van der Waals surface area contributed by atoms with Gasteiger partial charge in [-0.1, -0.05) is 145 Å².